The lowest BCUT2D eigenvalue weighted by Gasteiger charge is -2.24. The third kappa shape index (κ3) is 4.38. The minimum absolute atomic E-state index is 0.178. The fourth-order valence-corrected chi connectivity index (χ4v) is 6.04. The zero-order chi connectivity index (χ0) is 20.3. The Morgan fingerprint density at radius 2 is 1.90 bits per heavy atom. The Labute approximate surface area is 172 Å². The maximum atomic E-state index is 13.3. The highest BCUT2D eigenvalue weighted by Gasteiger charge is 2.39. The molecule has 29 heavy (non-hydrogen) atoms. The van der Waals surface area contributed by atoms with Crippen LogP contribution >= 0.6 is 0 Å². The molecule has 2 aromatic rings. The van der Waals surface area contributed by atoms with Crippen LogP contribution in [0, 0.1) is 0 Å². The van der Waals surface area contributed by atoms with Crippen LogP contribution in [0.5, 0.6) is 0 Å². The van der Waals surface area contributed by atoms with E-state index in [0.717, 1.165) is 30.0 Å². The van der Waals surface area contributed by atoms with Gasteiger partial charge in [-0.05, 0) is 67.9 Å². The molecule has 2 aromatic carbocycles. The van der Waals surface area contributed by atoms with Crippen LogP contribution in [0.1, 0.15) is 44.9 Å². The van der Waals surface area contributed by atoms with Gasteiger partial charge in [0.15, 0.2) is 0 Å². The molecule has 0 spiro atoms. The Morgan fingerprint density at radius 3 is 2.69 bits per heavy atom. The summed E-state index contributed by atoms with van der Waals surface area (Å²) in [6.45, 7) is 0.962. The summed E-state index contributed by atoms with van der Waals surface area (Å²) in [7, 11) is -3.71. The second-order valence-corrected chi connectivity index (χ2v) is 9.82. The van der Waals surface area contributed by atoms with Crippen LogP contribution in [-0.4, -0.2) is 37.8 Å². The Kier molecular flexibility index (Phi) is 6.01. The molecule has 1 N–H and O–H groups in total. The van der Waals surface area contributed by atoms with E-state index in [1.54, 1.807) is 12.1 Å². The van der Waals surface area contributed by atoms with E-state index in [1.807, 2.05) is 30.3 Å². The van der Waals surface area contributed by atoms with Crippen molar-refractivity contribution in [3.05, 3.63) is 54.1 Å². The number of rotatable bonds is 6. The Balaban J connectivity index is 1.45. The molecule has 0 bridgehead atoms. The molecule has 2 aliphatic rings. The molecule has 154 valence electrons. The summed E-state index contributed by atoms with van der Waals surface area (Å²) >= 11 is 0. The summed E-state index contributed by atoms with van der Waals surface area (Å²) in [6.07, 6.45) is 9.13. The molecule has 1 fully saturated rings. The van der Waals surface area contributed by atoms with Crippen molar-refractivity contribution in [2.75, 3.05) is 13.1 Å². The third-order valence-electron chi connectivity index (χ3n) is 5.96. The molecule has 0 aromatic heterocycles. The number of allylic oxidation sites excluding steroid dienone is 1. The van der Waals surface area contributed by atoms with E-state index in [0.29, 0.717) is 25.9 Å². The van der Waals surface area contributed by atoms with E-state index < -0.39 is 16.1 Å². The molecular formula is C23H28N2O3S. The summed E-state index contributed by atoms with van der Waals surface area (Å²) < 4.78 is 27.9. The number of amides is 1. The van der Waals surface area contributed by atoms with Crippen molar-refractivity contribution in [3.63, 3.8) is 0 Å². The predicted molar refractivity (Wildman–Crippen MR) is 115 cm³/mol. The summed E-state index contributed by atoms with van der Waals surface area (Å²) in [4.78, 5) is 13.0. The Hall–Kier alpha value is -2.18. The van der Waals surface area contributed by atoms with Crippen molar-refractivity contribution in [1.82, 2.24) is 9.62 Å². The van der Waals surface area contributed by atoms with E-state index in [9.17, 15) is 13.2 Å². The van der Waals surface area contributed by atoms with Gasteiger partial charge in [-0.15, -0.1) is 0 Å². The molecule has 1 aliphatic carbocycles. The van der Waals surface area contributed by atoms with Crippen molar-refractivity contribution >= 4 is 26.7 Å². The summed E-state index contributed by atoms with van der Waals surface area (Å²) in [5, 5.41) is 4.85. The number of carbonyl (C=O) groups excluding carboxylic acids is 1. The average Bonchev–Trinajstić information content (AvgIpc) is 3.25. The number of fused-ring (bicyclic) bond motifs is 1. The molecule has 1 aliphatic heterocycles. The second kappa shape index (κ2) is 8.67. The second-order valence-electron chi connectivity index (χ2n) is 7.93. The highest BCUT2D eigenvalue weighted by atomic mass is 32.2. The van der Waals surface area contributed by atoms with Gasteiger partial charge in [-0.1, -0.05) is 42.0 Å². The topological polar surface area (TPSA) is 66.5 Å². The molecule has 4 rings (SSSR count). The molecule has 0 saturated carbocycles. The number of nitrogens with one attached hydrogen (secondary N) is 1. The van der Waals surface area contributed by atoms with E-state index >= 15 is 0 Å². The quantitative estimate of drug-likeness (QED) is 0.730. The van der Waals surface area contributed by atoms with E-state index in [4.69, 9.17) is 0 Å². The van der Waals surface area contributed by atoms with Crippen LogP contribution in [0.15, 0.2) is 59.0 Å². The van der Waals surface area contributed by atoms with Crippen LogP contribution in [0.2, 0.25) is 0 Å². The first-order chi connectivity index (χ1) is 14.1. The zero-order valence-electron chi connectivity index (χ0n) is 16.6. The highest BCUT2D eigenvalue weighted by molar-refractivity contribution is 7.89. The van der Waals surface area contributed by atoms with Crippen LogP contribution < -0.4 is 5.32 Å². The van der Waals surface area contributed by atoms with Gasteiger partial charge in [0.1, 0.15) is 6.04 Å². The first-order valence-electron chi connectivity index (χ1n) is 10.5. The van der Waals surface area contributed by atoms with Crippen molar-refractivity contribution in [3.8, 4) is 0 Å². The molecule has 1 saturated heterocycles. The molecule has 1 amide bonds. The standard InChI is InChI=1S/C23H28N2O3S/c26-23(24-15-14-18-7-2-1-3-8-18)22-11-6-16-25(22)29(27,28)21-13-12-19-9-4-5-10-20(19)17-21/h4-5,7,9-10,12-13,17,22H,1-3,6,8,11,14-16H2,(H,24,26)/t22-/m1/s1. The van der Waals surface area contributed by atoms with Crippen molar-refractivity contribution in [2.24, 2.45) is 0 Å². The van der Waals surface area contributed by atoms with Gasteiger partial charge in [0.2, 0.25) is 15.9 Å². The molecular weight excluding hydrogens is 384 g/mol. The van der Waals surface area contributed by atoms with E-state index in [1.165, 1.54) is 22.7 Å². The van der Waals surface area contributed by atoms with Crippen LogP contribution in [0.4, 0.5) is 0 Å². The van der Waals surface area contributed by atoms with Gasteiger partial charge in [-0.3, -0.25) is 4.79 Å². The van der Waals surface area contributed by atoms with Gasteiger partial charge in [-0.25, -0.2) is 8.42 Å². The Bertz CT molecular complexity index is 1030. The number of nitrogens with zero attached hydrogens (tertiary/aromatic N) is 1. The van der Waals surface area contributed by atoms with Crippen molar-refractivity contribution in [1.29, 1.82) is 0 Å². The fraction of sp³-hybridized carbons (Fsp3) is 0.435. The smallest absolute Gasteiger partial charge is 0.243 e. The largest absolute Gasteiger partial charge is 0.354 e. The predicted octanol–water partition coefficient (Wildman–Crippen LogP) is 4.00. The van der Waals surface area contributed by atoms with Crippen LogP contribution in [0.25, 0.3) is 10.8 Å². The zero-order valence-corrected chi connectivity index (χ0v) is 17.5. The fourth-order valence-electron chi connectivity index (χ4n) is 4.35. The van der Waals surface area contributed by atoms with Gasteiger partial charge in [0.25, 0.3) is 0 Å². The lowest BCUT2D eigenvalue weighted by Crippen LogP contribution is -2.46. The number of hydrogen-bond donors (Lipinski definition) is 1. The minimum atomic E-state index is -3.71. The van der Waals surface area contributed by atoms with Gasteiger partial charge in [0.05, 0.1) is 4.90 Å². The molecule has 0 radical (unpaired) electrons. The molecule has 5 nitrogen and oxygen atoms in total. The Morgan fingerprint density at radius 1 is 1.07 bits per heavy atom. The van der Waals surface area contributed by atoms with E-state index in [2.05, 4.69) is 11.4 Å². The van der Waals surface area contributed by atoms with Crippen molar-refractivity contribution < 1.29 is 13.2 Å². The SMILES string of the molecule is O=C(NCCC1=CCCCC1)[C@H]1CCCN1S(=O)(=O)c1ccc2ccccc2c1. The van der Waals surface area contributed by atoms with Crippen molar-refractivity contribution in [2.45, 2.75) is 55.9 Å². The number of sulfonamides is 1. The molecule has 6 heteroatoms. The molecule has 1 heterocycles. The number of benzene rings is 2. The first-order valence-corrected chi connectivity index (χ1v) is 12.0. The summed E-state index contributed by atoms with van der Waals surface area (Å²) in [5.41, 5.74) is 1.41. The number of hydrogen-bond acceptors (Lipinski definition) is 3. The average molecular weight is 413 g/mol. The summed E-state index contributed by atoms with van der Waals surface area (Å²) in [5.74, 6) is -0.178. The van der Waals surface area contributed by atoms with Gasteiger partial charge < -0.3 is 5.32 Å². The monoisotopic (exact) mass is 412 g/mol. The first kappa shape index (κ1) is 20.1. The maximum absolute atomic E-state index is 13.3. The lowest BCUT2D eigenvalue weighted by atomic mass is 9.97. The van der Waals surface area contributed by atoms with Gasteiger partial charge in [0, 0.05) is 13.1 Å². The van der Waals surface area contributed by atoms with E-state index in [-0.39, 0.29) is 10.8 Å². The van der Waals surface area contributed by atoms with Gasteiger partial charge >= 0.3 is 0 Å². The molecule has 0 unspecified atom stereocenters. The minimum Gasteiger partial charge on any atom is -0.354 e. The van der Waals surface area contributed by atoms with Crippen LogP contribution in [0.3, 0.4) is 0 Å². The highest BCUT2D eigenvalue weighted by Crippen LogP contribution is 2.28. The molecule has 1 atom stereocenters. The number of carbonyl (C=O) groups is 1. The van der Waals surface area contributed by atoms with Gasteiger partial charge in [-0.2, -0.15) is 4.31 Å². The third-order valence-corrected chi connectivity index (χ3v) is 7.87. The summed E-state index contributed by atoms with van der Waals surface area (Å²) in [6, 6.07) is 12.2. The maximum Gasteiger partial charge on any atom is 0.243 e. The lowest BCUT2D eigenvalue weighted by molar-refractivity contribution is -0.124. The normalized spacial score (nSPS) is 20.6. The van der Waals surface area contributed by atoms with Crippen LogP contribution in [-0.2, 0) is 14.8 Å².